The molecule has 68 valence electrons. The van der Waals surface area contributed by atoms with E-state index in [4.69, 9.17) is 16.3 Å². The van der Waals surface area contributed by atoms with Crippen LogP contribution < -0.4 is 0 Å². The van der Waals surface area contributed by atoms with Gasteiger partial charge in [0.2, 0.25) is 0 Å². The van der Waals surface area contributed by atoms with E-state index in [1.165, 1.54) is 0 Å². The average molecular weight is 195 g/mol. The van der Waals surface area contributed by atoms with Gasteiger partial charge >= 0.3 is 0 Å². The molecule has 1 heterocycles. The Labute approximate surface area is 83.0 Å². The number of hydrogen-bond acceptors (Lipinski definition) is 1. The van der Waals surface area contributed by atoms with Crippen LogP contribution in [-0.2, 0) is 4.74 Å². The predicted molar refractivity (Wildman–Crippen MR) is 54.0 cm³/mol. The van der Waals surface area contributed by atoms with Gasteiger partial charge in [-0.05, 0) is 12.5 Å². The molecule has 0 radical (unpaired) electrons. The van der Waals surface area contributed by atoms with Crippen LogP contribution in [0.15, 0.2) is 30.9 Å². The first kappa shape index (κ1) is 8.79. The summed E-state index contributed by atoms with van der Waals surface area (Å²) in [5.41, 5.74) is 2.17. The van der Waals surface area contributed by atoms with Gasteiger partial charge in [0.25, 0.3) is 0 Å². The summed E-state index contributed by atoms with van der Waals surface area (Å²) in [5, 5.41) is 0.817. The Kier molecular flexibility index (Phi) is 2.14. The fraction of sp³-hybridized carbons (Fsp3) is 0.273. The van der Waals surface area contributed by atoms with E-state index >= 15 is 0 Å². The van der Waals surface area contributed by atoms with Crippen molar-refractivity contribution in [3.63, 3.8) is 0 Å². The Morgan fingerprint density at radius 1 is 1.54 bits per heavy atom. The smallest absolute Gasteiger partial charge is 0.115 e. The number of halogens is 1. The van der Waals surface area contributed by atoms with Crippen LogP contribution in [0.2, 0.25) is 5.02 Å². The van der Waals surface area contributed by atoms with E-state index < -0.39 is 0 Å². The van der Waals surface area contributed by atoms with Gasteiger partial charge in [-0.1, -0.05) is 35.9 Å². The van der Waals surface area contributed by atoms with Gasteiger partial charge in [-0.3, -0.25) is 0 Å². The Morgan fingerprint density at radius 3 is 2.92 bits per heavy atom. The molecule has 0 N–H and O–H groups in total. The van der Waals surface area contributed by atoms with Crippen molar-refractivity contribution in [3.8, 4) is 0 Å². The van der Waals surface area contributed by atoms with Gasteiger partial charge < -0.3 is 4.74 Å². The number of aryl methyl sites for hydroxylation is 1. The summed E-state index contributed by atoms with van der Waals surface area (Å²) in [6.45, 7) is 5.68. The average Bonchev–Trinajstić information content (AvgIpc) is 2.89. The number of benzene rings is 1. The standard InChI is InChI=1S/C11H11ClO/c1-3-9-11(13-9)8-6-4-5-7(2)10(8)12/h3-6,9,11H,1H2,2H3. The van der Waals surface area contributed by atoms with Crippen molar-refractivity contribution in [2.45, 2.75) is 19.1 Å². The minimum atomic E-state index is 0.130. The molecule has 0 aliphatic carbocycles. The Bertz CT molecular complexity index is 346. The van der Waals surface area contributed by atoms with Crippen LogP contribution in [0.4, 0.5) is 0 Å². The molecule has 0 amide bonds. The van der Waals surface area contributed by atoms with Gasteiger partial charge in [0.1, 0.15) is 12.2 Å². The maximum atomic E-state index is 6.14. The number of hydrogen-bond donors (Lipinski definition) is 0. The Balaban J connectivity index is 2.31. The number of ether oxygens (including phenoxy) is 1. The van der Waals surface area contributed by atoms with E-state index in [-0.39, 0.29) is 12.2 Å². The van der Waals surface area contributed by atoms with Gasteiger partial charge in [0.15, 0.2) is 0 Å². The van der Waals surface area contributed by atoms with Crippen LogP contribution in [0.25, 0.3) is 0 Å². The zero-order chi connectivity index (χ0) is 9.42. The molecule has 2 rings (SSSR count). The molecule has 0 bridgehead atoms. The Morgan fingerprint density at radius 2 is 2.31 bits per heavy atom. The van der Waals surface area contributed by atoms with Gasteiger partial charge in [-0.2, -0.15) is 0 Å². The minimum Gasteiger partial charge on any atom is -0.360 e. The Hall–Kier alpha value is -0.790. The zero-order valence-corrected chi connectivity index (χ0v) is 8.21. The van der Waals surface area contributed by atoms with Crippen molar-refractivity contribution < 1.29 is 4.74 Å². The molecular weight excluding hydrogens is 184 g/mol. The second-order valence-corrected chi connectivity index (χ2v) is 3.61. The molecule has 1 nitrogen and oxygen atoms in total. The fourth-order valence-electron chi connectivity index (χ4n) is 1.44. The summed E-state index contributed by atoms with van der Waals surface area (Å²) < 4.78 is 5.39. The van der Waals surface area contributed by atoms with E-state index in [0.29, 0.717) is 0 Å². The maximum absolute atomic E-state index is 6.14. The summed E-state index contributed by atoms with van der Waals surface area (Å²) in [7, 11) is 0. The van der Waals surface area contributed by atoms with Crippen molar-refractivity contribution in [3.05, 3.63) is 47.0 Å². The molecule has 1 saturated heterocycles. The lowest BCUT2D eigenvalue weighted by Gasteiger charge is -2.02. The van der Waals surface area contributed by atoms with Gasteiger partial charge in [-0.25, -0.2) is 0 Å². The lowest BCUT2D eigenvalue weighted by Crippen LogP contribution is -1.88. The summed E-state index contributed by atoms with van der Waals surface area (Å²) in [4.78, 5) is 0. The summed E-state index contributed by atoms with van der Waals surface area (Å²) >= 11 is 6.14. The monoisotopic (exact) mass is 194 g/mol. The highest BCUT2D eigenvalue weighted by atomic mass is 35.5. The molecule has 2 heteroatoms. The minimum absolute atomic E-state index is 0.130. The van der Waals surface area contributed by atoms with Crippen molar-refractivity contribution in [2.24, 2.45) is 0 Å². The van der Waals surface area contributed by atoms with Gasteiger partial charge in [0, 0.05) is 10.6 Å². The maximum Gasteiger partial charge on any atom is 0.115 e. The summed E-state index contributed by atoms with van der Waals surface area (Å²) in [5.74, 6) is 0. The number of rotatable bonds is 2. The van der Waals surface area contributed by atoms with Crippen molar-refractivity contribution in [1.82, 2.24) is 0 Å². The van der Waals surface area contributed by atoms with Crippen LogP contribution in [0.3, 0.4) is 0 Å². The molecule has 1 fully saturated rings. The molecule has 2 unspecified atom stereocenters. The van der Waals surface area contributed by atoms with Crippen LogP contribution in [-0.4, -0.2) is 6.10 Å². The van der Waals surface area contributed by atoms with E-state index in [1.54, 1.807) is 0 Å². The second-order valence-electron chi connectivity index (χ2n) is 3.24. The molecule has 1 aromatic carbocycles. The molecule has 1 aromatic rings. The summed E-state index contributed by atoms with van der Waals surface area (Å²) in [6.07, 6.45) is 2.09. The normalized spacial score (nSPS) is 25.7. The molecule has 0 saturated carbocycles. The lowest BCUT2D eigenvalue weighted by molar-refractivity contribution is 0.394. The zero-order valence-electron chi connectivity index (χ0n) is 7.46. The largest absolute Gasteiger partial charge is 0.360 e. The quantitative estimate of drug-likeness (QED) is 0.520. The first-order valence-electron chi connectivity index (χ1n) is 4.27. The molecule has 0 aromatic heterocycles. The van der Waals surface area contributed by atoms with Crippen LogP contribution >= 0.6 is 11.6 Å². The van der Waals surface area contributed by atoms with Crippen molar-refractivity contribution >= 4 is 11.6 Å². The topological polar surface area (TPSA) is 12.5 Å². The molecular formula is C11H11ClO. The van der Waals surface area contributed by atoms with E-state index in [2.05, 4.69) is 6.58 Å². The van der Waals surface area contributed by atoms with E-state index in [0.717, 1.165) is 16.1 Å². The third kappa shape index (κ3) is 1.50. The van der Waals surface area contributed by atoms with Crippen LogP contribution in [0, 0.1) is 6.92 Å². The highest BCUT2D eigenvalue weighted by Crippen LogP contribution is 2.42. The SMILES string of the molecule is C=CC1OC1c1cccc(C)c1Cl. The van der Waals surface area contributed by atoms with Crippen LogP contribution in [0.1, 0.15) is 17.2 Å². The molecule has 2 atom stereocenters. The van der Waals surface area contributed by atoms with Gasteiger partial charge in [0.05, 0.1) is 0 Å². The molecule has 13 heavy (non-hydrogen) atoms. The molecule has 0 spiro atoms. The predicted octanol–water partition coefficient (Wildman–Crippen LogP) is 3.27. The van der Waals surface area contributed by atoms with Crippen molar-refractivity contribution in [2.75, 3.05) is 0 Å². The lowest BCUT2D eigenvalue weighted by atomic mass is 10.1. The van der Waals surface area contributed by atoms with Crippen molar-refractivity contribution in [1.29, 1.82) is 0 Å². The van der Waals surface area contributed by atoms with Crippen LogP contribution in [0.5, 0.6) is 0 Å². The highest BCUT2D eigenvalue weighted by molar-refractivity contribution is 6.32. The number of epoxide rings is 1. The first-order valence-corrected chi connectivity index (χ1v) is 4.65. The third-order valence-electron chi connectivity index (χ3n) is 2.29. The first-order chi connectivity index (χ1) is 6.24. The second kappa shape index (κ2) is 3.17. The summed E-state index contributed by atoms with van der Waals surface area (Å²) in [6, 6.07) is 6.00. The highest BCUT2D eigenvalue weighted by Gasteiger charge is 2.38. The van der Waals surface area contributed by atoms with E-state index in [9.17, 15) is 0 Å². The third-order valence-corrected chi connectivity index (χ3v) is 2.80. The van der Waals surface area contributed by atoms with E-state index in [1.807, 2.05) is 31.2 Å². The molecule has 1 aliphatic rings. The van der Waals surface area contributed by atoms with Gasteiger partial charge in [-0.15, -0.1) is 6.58 Å². The fourth-order valence-corrected chi connectivity index (χ4v) is 1.68. The molecule has 1 aliphatic heterocycles.